The first kappa shape index (κ1) is 12.4. The Kier molecular flexibility index (Phi) is 5.30. The van der Waals surface area contributed by atoms with Gasteiger partial charge in [0, 0.05) is 0 Å². The van der Waals surface area contributed by atoms with Crippen molar-refractivity contribution in [3.8, 4) is 0 Å². The topological polar surface area (TPSA) is 37.3 Å². The summed E-state index contributed by atoms with van der Waals surface area (Å²) in [6, 6.07) is 9.66. The molecule has 0 aliphatic carbocycles. The monoisotopic (exact) mass is 340 g/mol. The van der Waals surface area contributed by atoms with Gasteiger partial charge in [-0.1, -0.05) is 62.2 Å². The largest absolute Gasteiger partial charge is 0.306 e. The summed E-state index contributed by atoms with van der Waals surface area (Å²) >= 11 is 4.70. The summed E-state index contributed by atoms with van der Waals surface area (Å²) in [7, 11) is 0. The van der Waals surface area contributed by atoms with E-state index in [-0.39, 0.29) is 8.99 Å². The Balaban J connectivity index is 2.70. The van der Waals surface area contributed by atoms with Crippen LogP contribution in [0.3, 0.4) is 0 Å². The van der Waals surface area contributed by atoms with Gasteiger partial charge >= 0.3 is 0 Å². The van der Waals surface area contributed by atoms with Crippen LogP contribution >= 0.6 is 31.9 Å². The van der Waals surface area contributed by atoms with Crippen LogP contribution < -0.4 is 0 Å². The minimum absolute atomic E-state index is 0.152. The molecule has 1 aromatic rings. The quantitative estimate of drug-likeness (QED) is 0.675. The van der Waals surface area contributed by atoms with Crippen molar-refractivity contribution in [2.75, 3.05) is 0 Å². The van der Waals surface area contributed by atoms with Gasteiger partial charge < -0.3 is 4.55 Å². The van der Waals surface area contributed by atoms with Gasteiger partial charge in [0.05, 0.1) is 8.99 Å². The average Bonchev–Trinajstić information content (AvgIpc) is 2.15. The molecule has 0 aromatic heterocycles. The zero-order chi connectivity index (χ0) is 10.6. The van der Waals surface area contributed by atoms with E-state index in [0.717, 1.165) is 5.56 Å². The van der Waals surface area contributed by atoms with Crippen LogP contribution in [0.2, 0.25) is 0 Å². The summed E-state index contributed by atoms with van der Waals surface area (Å²) < 4.78 is 19.9. The van der Waals surface area contributed by atoms with Gasteiger partial charge in [0.1, 0.15) is 0 Å². The van der Waals surface area contributed by atoms with Crippen molar-refractivity contribution in [2.45, 2.75) is 15.4 Å². The molecule has 0 saturated heterocycles. The van der Waals surface area contributed by atoms with Crippen molar-refractivity contribution >= 4 is 42.9 Å². The van der Waals surface area contributed by atoms with E-state index in [1.165, 1.54) is 0 Å². The second-order valence-corrected chi connectivity index (χ2v) is 7.20. The highest BCUT2D eigenvalue weighted by molar-refractivity contribution is 9.24. The van der Waals surface area contributed by atoms with Crippen LogP contribution in [-0.4, -0.2) is 17.7 Å². The van der Waals surface area contributed by atoms with Gasteiger partial charge in [0.25, 0.3) is 0 Å². The lowest BCUT2D eigenvalue weighted by Gasteiger charge is -2.13. The summed E-state index contributed by atoms with van der Waals surface area (Å²) in [6.07, 6.45) is 0.575. The summed E-state index contributed by atoms with van der Waals surface area (Å²) in [5, 5.41) is -0.336. The SMILES string of the molecule is O=S(O)C(Cc1ccccc1)C(Br)Br. The predicted molar refractivity (Wildman–Crippen MR) is 66.3 cm³/mol. The zero-order valence-corrected chi connectivity index (χ0v) is 11.3. The molecule has 0 aliphatic rings. The molecule has 0 spiro atoms. The van der Waals surface area contributed by atoms with E-state index in [2.05, 4.69) is 31.9 Å². The molecule has 0 aliphatic heterocycles. The lowest BCUT2D eigenvalue weighted by molar-refractivity contribution is 0.550. The van der Waals surface area contributed by atoms with Crippen LogP contribution in [0.25, 0.3) is 0 Å². The van der Waals surface area contributed by atoms with Crippen molar-refractivity contribution in [2.24, 2.45) is 0 Å². The second kappa shape index (κ2) is 6.00. The molecule has 0 amide bonds. The van der Waals surface area contributed by atoms with Gasteiger partial charge in [-0.05, 0) is 12.0 Å². The van der Waals surface area contributed by atoms with Crippen molar-refractivity contribution in [1.82, 2.24) is 0 Å². The highest BCUT2D eigenvalue weighted by Crippen LogP contribution is 2.21. The van der Waals surface area contributed by atoms with Gasteiger partial charge in [0.15, 0.2) is 11.1 Å². The molecule has 0 heterocycles. The van der Waals surface area contributed by atoms with E-state index < -0.39 is 11.1 Å². The van der Waals surface area contributed by atoms with E-state index in [1.54, 1.807) is 0 Å². The minimum Gasteiger partial charge on any atom is -0.306 e. The van der Waals surface area contributed by atoms with Crippen LogP contribution in [0.15, 0.2) is 30.3 Å². The van der Waals surface area contributed by atoms with Gasteiger partial charge in [-0.3, -0.25) is 0 Å². The number of halogens is 2. The fourth-order valence-corrected chi connectivity index (χ4v) is 3.09. The molecule has 0 bridgehead atoms. The number of hydrogen-bond donors (Lipinski definition) is 1. The summed E-state index contributed by atoms with van der Waals surface area (Å²) in [4.78, 5) is 0. The van der Waals surface area contributed by atoms with E-state index >= 15 is 0 Å². The first-order valence-electron chi connectivity index (χ1n) is 4.03. The number of alkyl halides is 2. The van der Waals surface area contributed by atoms with Crippen molar-refractivity contribution in [1.29, 1.82) is 0 Å². The molecule has 0 radical (unpaired) electrons. The van der Waals surface area contributed by atoms with Crippen molar-refractivity contribution < 1.29 is 8.76 Å². The average molecular weight is 342 g/mol. The van der Waals surface area contributed by atoms with Gasteiger partial charge in [-0.2, -0.15) is 0 Å². The Morgan fingerprint density at radius 3 is 2.29 bits per heavy atom. The molecule has 14 heavy (non-hydrogen) atoms. The third-order valence-electron chi connectivity index (χ3n) is 1.82. The molecule has 78 valence electrons. The van der Waals surface area contributed by atoms with Gasteiger partial charge in [-0.25, -0.2) is 4.21 Å². The fraction of sp³-hybridized carbons (Fsp3) is 0.333. The number of hydrogen-bond acceptors (Lipinski definition) is 1. The van der Waals surface area contributed by atoms with Gasteiger partial charge in [0.2, 0.25) is 0 Å². The molecule has 2 atom stereocenters. The summed E-state index contributed by atoms with van der Waals surface area (Å²) in [5.74, 6) is 0. The lowest BCUT2D eigenvalue weighted by atomic mass is 10.1. The molecule has 1 aromatic carbocycles. The molecule has 0 saturated carbocycles. The third kappa shape index (κ3) is 3.81. The summed E-state index contributed by atoms with van der Waals surface area (Å²) in [5.41, 5.74) is 1.06. The molecule has 5 heteroatoms. The number of benzene rings is 1. The van der Waals surface area contributed by atoms with Crippen LogP contribution in [0.5, 0.6) is 0 Å². The maximum absolute atomic E-state index is 11.0. The standard InChI is InChI=1S/C9H10Br2O2S/c10-9(11)8(14(12)13)6-7-4-2-1-3-5-7/h1-5,8-9H,6H2,(H,12,13). The first-order chi connectivity index (χ1) is 6.61. The molecular weight excluding hydrogens is 332 g/mol. The second-order valence-electron chi connectivity index (χ2n) is 2.84. The molecule has 2 nitrogen and oxygen atoms in total. The first-order valence-corrected chi connectivity index (χ1v) is 7.03. The zero-order valence-electron chi connectivity index (χ0n) is 7.27. The molecule has 0 fully saturated rings. The molecular formula is C9H10Br2O2S. The van der Waals surface area contributed by atoms with Crippen LogP contribution in [0, 0.1) is 0 Å². The Labute approximate surface area is 103 Å². The molecule has 2 unspecified atom stereocenters. The Morgan fingerprint density at radius 2 is 1.86 bits per heavy atom. The highest BCUT2D eigenvalue weighted by atomic mass is 79.9. The van der Waals surface area contributed by atoms with Gasteiger partial charge in [-0.15, -0.1) is 0 Å². The highest BCUT2D eigenvalue weighted by Gasteiger charge is 2.22. The maximum atomic E-state index is 11.0. The Bertz CT molecular complexity index is 303. The van der Waals surface area contributed by atoms with Crippen LogP contribution in [-0.2, 0) is 17.5 Å². The Hall–Kier alpha value is 0.290. The third-order valence-corrected chi connectivity index (χ3v) is 4.75. The lowest BCUT2D eigenvalue weighted by Crippen LogP contribution is -2.24. The van der Waals surface area contributed by atoms with E-state index in [0.29, 0.717) is 6.42 Å². The van der Waals surface area contributed by atoms with Crippen molar-refractivity contribution in [3.05, 3.63) is 35.9 Å². The van der Waals surface area contributed by atoms with Crippen LogP contribution in [0.4, 0.5) is 0 Å². The minimum atomic E-state index is -1.83. The molecule has 1 N–H and O–H groups in total. The Morgan fingerprint density at radius 1 is 1.29 bits per heavy atom. The van der Waals surface area contributed by atoms with Crippen molar-refractivity contribution in [3.63, 3.8) is 0 Å². The summed E-state index contributed by atoms with van der Waals surface area (Å²) in [6.45, 7) is 0. The predicted octanol–water partition coefficient (Wildman–Crippen LogP) is 2.94. The van der Waals surface area contributed by atoms with E-state index in [1.807, 2.05) is 30.3 Å². The fourth-order valence-electron chi connectivity index (χ4n) is 1.09. The molecule has 1 rings (SSSR count). The van der Waals surface area contributed by atoms with E-state index in [9.17, 15) is 4.21 Å². The smallest absolute Gasteiger partial charge is 0.158 e. The van der Waals surface area contributed by atoms with E-state index in [4.69, 9.17) is 4.55 Å². The maximum Gasteiger partial charge on any atom is 0.158 e. The number of rotatable bonds is 4. The van der Waals surface area contributed by atoms with Crippen LogP contribution in [0.1, 0.15) is 5.56 Å². The normalized spacial score (nSPS) is 15.4.